The Kier molecular flexibility index (Phi) is 4.74. The maximum Gasteiger partial charge on any atom is 0.573 e. The zero-order valence-electron chi connectivity index (χ0n) is 11.3. The van der Waals surface area contributed by atoms with Crippen LogP contribution in [-0.2, 0) is 6.42 Å². The van der Waals surface area contributed by atoms with Gasteiger partial charge in [0.1, 0.15) is 5.75 Å². The van der Waals surface area contributed by atoms with E-state index in [9.17, 15) is 13.2 Å². The highest BCUT2D eigenvalue weighted by atomic mass is 19.4. The number of aromatic nitrogens is 2. The molecule has 1 heterocycles. The number of likely N-dealkylation sites (N-methyl/N-ethyl adjacent to an activating group) is 1. The molecular weight excluding hydrogens is 283 g/mol. The van der Waals surface area contributed by atoms with Crippen LogP contribution in [-0.4, -0.2) is 23.6 Å². The molecule has 0 saturated carbocycles. The summed E-state index contributed by atoms with van der Waals surface area (Å²) in [4.78, 5) is 0. The first-order valence-electron chi connectivity index (χ1n) is 6.26. The van der Waals surface area contributed by atoms with Gasteiger partial charge in [-0.1, -0.05) is 12.1 Å². The molecule has 112 valence electrons. The van der Waals surface area contributed by atoms with Crippen molar-refractivity contribution >= 4 is 0 Å². The van der Waals surface area contributed by atoms with Gasteiger partial charge in [-0.3, -0.25) is 0 Å². The summed E-state index contributed by atoms with van der Waals surface area (Å²) in [5.74, 6) is -0.224. The van der Waals surface area contributed by atoms with Crippen molar-refractivity contribution in [3.63, 3.8) is 0 Å². The summed E-state index contributed by atoms with van der Waals surface area (Å²) >= 11 is 0. The van der Waals surface area contributed by atoms with Gasteiger partial charge in [0.15, 0.2) is 0 Å². The molecule has 7 heteroatoms. The molecule has 0 saturated heterocycles. The van der Waals surface area contributed by atoms with Crippen LogP contribution in [0.25, 0.3) is 0 Å². The Hall–Kier alpha value is -2.15. The minimum absolute atomic E-state index is 0.00915. The maximum atomic E-state index is 12.1. The van der Waals surface area contributed by atoms with Crippen LogP contribution in [0.3, 0.4) is 0 Å². The molecule has 0 spiro atoms. The molecule has 2 aromatic rings. The van der Waals surface area contributed by atoms with E-state index in [4.69, 9.17) is 0 Å². The Bertz CT molecular complexity index is 558. The Balaban J connectivity index is 2.05. The van der Waals surface area contributed by atoms with E-state index in [0.29, 0.717) is 6.42 Å². The van der Waals surface area contributed by atoms with E-state index in [1.165, 1.54) is 12.1 Å². The summed E-state index contributed by atoms with van der Waals surface area (Å²) in [5, 5.41) is 10.7. The zero-order chi connectivity index (χ0) is 15.3. The van der Waals surface area contributed by atoms with Crippen LogP contribution in [0.1, 0.15) is 17.2 Å². The lowest BCUT2D eigenvalue weighted by Crippen LogP contribution is -2.19. The number of ether oxygens (including phenoxy) is 1. The second-order valence-electron chi connectivity index (χ2n) is 4.41. The summed E-state index contributed by atoms with van der Waals surface area (Å²) in [6.45, 7) is 0. The van der Waals surface area contributed by atoms with Gasteiger partial charge >= 0.3 is 6.36 Å². The highest BCUT2D eigenvalue weighted by molar-refractivity contribution is 5.29. The molecule has 21 heavy (non-hydrogen) atoms. The first-order valence-corrected chi connectivity index (χ1v) is 6.26. The average Bonchev–Trinajstić information content (AvgIpc) is 2.46. The van der Waals surface area contributed by atoms with Crippen LogP contribution in [0.15, 0.2) is 42.7 Å². The Labute approximate surface area is 120 Å². The number of rotatable bonds is 5. The summed E-state index contributed by atoms with van der Waals surface area (Å²) in [6.07, 6.45) is -0.797. The molecule has 0 amide bonds. The second-order valence-corrected chi connectivity index (χ2v) is 4.41. The quantitative estimate of drug-likeness (QED) is 0.922. The highest BCUT2D eigenvalue weighted by Crippen LogP contribution is 2.24. The minimum Gasteiger partial charge on any atom is -0.406 e. The lowest BCUT2D eigenvalue weighted by molar-refractivity contribution is -0.274. The lowest BCUT2D eigenvalue weighted by Gasteiger charge is -2.16. The fraction of sp³-hybridized carbons (Fsp3) is 0.286. The van der Waals surface area contributed by atoms with Gasteiger partial charge in [0.2, 0.25) is 0 Å². The van der Waals surface area contributed by atoms with E-state index in [0.717, 1.165) is 11.1 Å². The number of hydrogen-bond donors (Lipinski definition) is 1. The maximum absolute atomic E-state index is 12.1. The third kappa shape index (κ3) is 4.71. The first kappa shape index (κ1) is 15.2. The summed E-state index contributed by atoms with van der Waals surface area (Å²) in [6, 6.07) is 7.69. The monoisotopic (exact) mass is 297 g/mol. The SMILES string of the molecule is CNC(Cc1ccc(OC(F)(F)F)cc1)c1ccnnc1. The molecule has 1 atom stereocenters. The van der Waals surface area contributed by atoms with Gasteiger partial charge in [0, 0.05) is 12.2 Å². The van der Waals surface area contributed by atoms with E-state index in [1.807, 2.05) is 13.1 Å². The van der Waals surface area contributed by atoms with E-state index in [-0.39, 0.29) is 11.8 Å². The normalized spacial score (nSPS) is 13.0. The Morgan fingerprint density at radius 1 is 1.14 bits per heavy atom. The molecule has 2 rings (SSSR count). The van der Waals surface area contributed by atoms with Gasteiger partial charge in [-0.2, -0.15) is 10.2 Å². The van der Waals surface area contributed by atoms with Gasteiger partial charge in [-0.25, -0.2) is 0 Å². The number of nitrogens with zero attached hydrogens (tertiary/aromatic N) is 2. The number of hydrogen-bond acceptors (Lipinski definition) is 4. The number of alkyl halides is 3. The van der Waals surface area contributed by atoms with Gasteiger partial charge < -0.3 is 10.1 Å². The van der Waals surface area contributed by atoms with Crippen molar-refractivity contribution in [2.24, 2.45) is 0 Å². The first-order chi connectivity index (χ1) is 9.98. The van der Waals surface area contributed by atoms with Crippen molar-refractivity contribution in [2.45, 2.75) is 18.8 Å². The largest absolute Gasteiger partial charge is 0.573 e. The molecule has 1 aromatic carbocycles. The summed E-state index contributed by atoms with van der Waals surface area (Å²) in [7, 11) is 1.81. The van der Waals surface area contributed by atoms with Crippen LogP contribution in [0, 0.1) is 0 Å². The van der Waals surface area contributed by atoms with E-state index in [2.05, 4.69) is 20.3 Å². The molecule has 0 fully saturated rings. The zero-order valence-corrected chi connectivity index (χ0v) is 11.3. The van der Waals surface area contributed by atoms with Crippen molar-refractivity contribution in [1.82, 2.24) is 15.5 Å². The minimum atomic E-state index is -4.67. The number of benzene rings is 1. The highest BCUT2D eigenvalue weighted by Gasteiger charge is 2.30. The van der Waals surface area contributed by atoms with Crippen molar-refractivity contribution in [3.8, 4) is 5.75 Å². The molecule has 0 radical (unpaired) electrons. The standard InChI is InChI=1S/C14H14F3N3O/c1-18-13(11-6-7-19-20-9-11)8-10-2-4-12(5-3-10)21-14(15,16)17/h2-7,9,13,18H,8H2,1H3. The molecule has 1 N–H and O–H groups in total. The van der Waals surface area contributed by atoms with E-state index in [1.54, 1.807) is 24.5 Å². The van der Waals surface area contributed by atoms with Crippen LogP contribution in [0.4, 0.5) is 13.2 Å². The van der Waals surface area contributed by atoms with Gasteiger partial charge in [-0.15, -0.1) is 13.2 Å². The van der Waals surface area contributed by atoms with Crippen LogP contribution < -0.4 is 10.1 Å². The fourth-order valence-corrected chi connectivity index (χ4v) is 1.96. The predicted octanol–water partition coefficient (Wildman–Crippen LogP) is 2.88. The molecule has 0 aliphatic carbocycles. The molecule has 0 aliphatic rings. The van der Waals surface area contributed by atoms with Gasteiger partial charge in [0.05, 0.1) is 6.20 Å². The molecule has 1 aromatic heterocycles. The Morgan fingerprint density at radius 2 is 1.86 bits per heavy atom. The third-order valence-electron chi connectivity index (χ3n) is 2.95. The molecule has 1 unspecified atom stereocenters. The smallest absolute Gasteiger partial charge is 0.406 e. The van der Waals surface area contributed by atoms with Crippen molar-refractivity contribution < 1.29 is 17.9 Å². The third-order valence-corrected chi connectivity index (χ3v) is 2.95. The topological polar surface area (TPSA) is 47.0 Å². The van der Waals surface area contributed by atoms with Crippen LogP contribution >= 0.6 is 0 Å². The van der Waals surface area contributed by atoms with Gasteiger partial charge in [-0.05, 0) is 42.8 Å². The van der Waals surface area contributed by atoms with Crippen molar-refractivity contribution in [1.29, 1.82) is 0 Å². The molecule has 0 bridgehead atoms. The molecule has 4 nitrogen and oxygen atoms in total. The van der Waals surface area contributed by atoms with Crippen LogP contribution in [0.2, 0.25) is 0 Å². The Morgan fingerprint density at radius 3 is 2.38 bits per heavy atom. The van der Waals surface area contributed by atoms with E-state index < -0.39 is 6.36 Å². The summed E-state index contributed by atoms with van der Waals surface area (Å²) < 4.78 is 40.1. The van der Waals surface area contributed by atoms with Crippen molar-refractivity contribution in [2.75, 3.05) is 7.05 Å². The molecule has 0 aliphatic heterocycles. The number of halogens is 3. The fourth-order valence-electron chi connectivity index (χ4n) is 1.96. The second kappa shape index (κ2) is 6.53. The summed E-state index contributed by atoms with van der Waals surface area (Å²) in [5.41, 5.74) is 1.85. The van der Waals surface area contributed by atoms with Crippen molar-refractivity contribution in [3.05, 3.63) is 53.9 Å². The molecular formula is C14H14F3N3O. The van der Waals surface area contributed by atoms with Gasteiger partial charge in [0.25, 0.3) is 0 Å². The lowest BCUT2D eigenvalue weighted by atomic mass is 10.0. The number of nitrogens with one attached hydrogen (secondary N) is 1. The average molecular weight is 297 g/mol. The predicted molar refractivity (Wildman–Crippen MR) is 70.7 cm³/mol. The van der Waals surface area contributed by atoms with E-state index >= 15 is 0 Å². The van der Waals surface area contributed by atoms with Crippen LogP contribution in [0.5, 0.6) is 5.75 Å².